The van der Waals surface area contributed by atoms with E-state index in [0.29, 0.717) is 5.56 Å². The maximum Gasteiger partial charge on any atom is 0.405 e. The summed E-state index contributed by atoms with van der Waals surface area (Å²) in [6.45, 7) is -1.40. The van der Waals surface area contributed by atoms with E-state index < -0.39 is 24.7 Å². The van der Waals surface area contributed by atoms with Crippen molar-refractivity contribution in [2.75, 3.05) is 6.54 Å². The smallest absolute Gasteiger partial charge is 0.405 e. The zero-order valence-corrected chi connectivity index (χ0v) is 9.62. The molecule has 104 valence electrons. The summed E-state index contributed by atoms with van der Waals surface area (Å²) < 4.78 is 35.4. The van der Waals surface area contributed by atoms with E-state index in [-0.39, 0.29) is 12.1 Å². The number of nitrogens with one attached hydrogen (secondary N) is 2. The summed E-state index contributed by atoms with van der Waals surface area (Å²) in [6.07, 6.45) is -4.46. The van der Waals surface area contributed by atoms with E-state index in [2.05, 4.69) is 5.32 Å². The molecule has 0 aliphatic rings. The highest BCUT2D eigenvalue weighted by atomic mass is 19.4. The number of hydrogen-bond donors (Lipinski definition) is 3. The van der Waals surface area contributed by atoms with Gasteiger partial charge in [-0.1, -0.05) is 12.1 Å². The molecule has 19 heavy (non-hydrogen) atoms. The number of carboxylic acid groups (broad SMARTS) is 1. The minimum Gasteiger partial charge on any atom is -0.478 e. The average Bonchev–Trinajstić information content (AvgIpc) is 2.33. The van der Waals surface area contributed by atoms with E-state index in [9.17, 15) is 22.8 Å². The Morgan fingerprint density at radius 1 is 1.11 bits per heavy atom. The number of hydrogen-bond acceptors (Lipinski definition) is 2. The topological polar surface area (TPSA) is 78.4 Å². The van der Waals surface area contributed by atoms with E-state index in [1.807, 2.05) is 0 Å². The fourth-order valence-electron chi connectivity index (χ4n) is 1.19. The maximum absolute atomic E-state index is 11.8. The number of benzene rings is 1. The lowest BCUT2D eigenvalue weighted by molar-refractivity contribution is -0.122. The Kier molecular flexibility index (Phi) is 4.74. The van der Waals surface area contributed by atoms with Gasteiger partial charge in [-0.15, -0.1) is 0 Å². The summed E-state index contributed by atoms with van der Waals surface area (Å²) in [7, 11) is 0. The van der Waals surface area contributed by atoms with E-state index in [0.717, 1.165) is 0 Å². The second-order valence-corrected chi connectivity index (χ2v) is 3.65. The van der Waals surface area contributed by atoms with Crippen molar-refractivity contribution in [3.05, 3.63) is 35.4 Å². The van der Waals surface area contributed by atoms with E-state index in [1.165, 1.54) is 24.3 Å². The Morgan fingerprint density at radius 3 is 2.16 bits per heavy atom. The van der Waals surface area contributed by atoms with E-state index in [1.54, 1.807) is 5.32 Å². The molecule has 1 aromatic carbocycles. The van der Waals surface area contributed by atoms with Gasteiger partial charge in [0.15, 0.2) is 0 Å². The lowest BCUT2D eigenvalue weighted by Gasteiger charge is -2.09. The molecule has 0 aromatic heterocycles. The molecule has 0 heterocycles. The standard InChI is InChI=1S/C11H11F3N2O3/c12-11(13,14)6-16-10(19)15-5-7-1-3-8(4-2-7)9(17)18/h1-4H,5-6H2,(H,17,18)(H2,15,16,19). The van der Waals surface area contributed by atoms with Crippen LogP contribution in [0.3, 0.4) is 0 Å². The molecule has 0 unspecified atom stereocenters. The Morgan fingerprint density at radius 2 is 1.68 bits per heavy atom. The zero-order valence-electron chi connectivity index (χ0n) is 9.62. The minimum atomic E-state index is -4.46. The number of carbonyl (C=O) groups excluding carboxylic acids is 1. The summed E-state index contributed by atoms with van der Waals surface area (Å²) >= 11 is 0. The predicted octanol–water partition coefficient (Wildman–Crippen LogP) is 1.75. The van der Waals surface area contributed by atoms with Gasteiger partial charge in [-0.2, -0.15) is 13.2 Å². The van der Waals surface area contributed by atoms with Crippen molar-refractivity contribution >= 4 is 12.0 Å². The number of halogens is 3. The third kappa shape index (κ3) is 5.75. The quantitative estimate of drug-likeness (QED) is 0.784. The van der Waals surface area contributed by atoms with Crippen molar-refractivity contribution in [3.63, 3.8) is 0 Å². The minimum absolute atomic E-state index is 0.00356. The molecule has 0 aliphatic carbocycles. The zero-order chi connectivity index (χ0) is 14.5. The molecule has 0 saturated carbocycles. The Labute approximate surface area is 106 Å². The first-order chi connectivity index (χ1) is 8.78. The van der Waals surface area contributed by atoms with Gasteiger partial charge >= 0.3 is 18.2 Å². The number of aromatic carboxylic acids is 1. The number of amides is 2. The van der Waals surface area contributed by atoms with E-state index >= 15 is 0 Å². The van der Waals surface area contributed by atoms with Crippen LogP contribution in [-0.4, -0.2) is 29.8 Å². The average molecular weight is 276 g/mol. The SMILES string of the molecule is O=C(NCc1ccc(C(=O)O)cc1)NCC(F)(F)F. The second kappa shape index (κ2) is 6.07. The lowest BCUT2D eigenvalue weighted by Crippen LogP contribution is -2.40. The molecule has 0 radical (unpaired) electrons. The number of carboxylic acids is 1. The fraction of sp³-hybridized carbons (Fsp3) is 0.273. The third-order valence-corrected chi connectivity index (χ3v) is 2.10. The van der Waals surface area contributed by atoms with Gasteiger partial charge in [-0.05, 0) is 17.7 Å². The summed E-state index contributed by atoms with van der Waals surface area (Å²) in [5.74, 6) is -1.08. The highest BCUT2D eigenvalue weighted by molar-refractivity contribution is 5.87. The highest BCUT2D eigenvalue weighted by Gasteiger charge is 2.27. The van der Waals surface area contributed by atoms with Crippen LogP contribution in [0.5, 0.6) is 0 Å². The van der Waals surface area contributed by atoms with Crippen molar-refractivity contribution in [2.45, 2.75) is 12.7 Å². The van der Waals surface area contributed by atoms with Crippen LogP contribution in [0.4, 0.5) is 18.0 Å². The number of urea groups is 1. The molecule has 0 spiro atoms. The van der Waals surface area contributed by atoms with Crippen molar-refractivity contribution in [1.29, 1.82) is 0 Å². The Balaban J connectivity index is 2.40. The molecule has 8 heteroatoms. The molecule has 0 fully saturated rings. The van der Waals surface area contributed by atoms with Crippen LogP contribution >= 0.6 is 0 Å². The van der Waals surface area contributed by atoms with Crippen LogP contribution in [0, 0.1) is 0 Å². The summed E-state index contributed by atoms with van der Waals surface area (Å²) in [6, 6.07) is 4.67. The van der Waals surface area contributed by atoms with Crippen molar-refractivity contribution in [1.82, 2.24) is 10.6 Å². The van der Waals surface area contributed by atoms with Crippen molar-refractivity contribution < 1.29 is 27.9 Å². The molecule has 1 rings (SSSR count). The Bertz CT molecular complexity index is 457. The van der Waals surface area contributed by atoms with Gasteiger partial charge < -0.3 is 15.7 Å². The van der Waals surface area contributed by atoms with Gasteiger partial charge in [-0.25, -0.2) is 9.59 Å². The number of alkyl halides is 3. The molecule has 1 aromatic rings. The third-order valence-electron chi connectivity index (χ3n) is 2.10. The largest absolute Gasteiger partial charge is 0.478 e. The first kappa shape index (κ1) is 14.8. The van der Waals surface area contributed by atoms with Gasteiger partial charge in [0.2, 0.25) is 0 Å². The molecule has 2 amide bonds. The van der Waals surface area contributed by atoms with Crippen molar-refractivity contribution in [3.8, 4) is 0 Å². The maximum atomic E-state index is 11.8. The monoisotopic (exact) mass is 276 g/mol. The van der Waals surface area contributed by atoms with Crippen LogP contribution in [0.1, 0.15) is 15.9 Å². The van der Waals surface area contributed by atoms with Crippen molar-refractivity contribution in [2.24, 2.45) is 0 Å². The van der Waals surface area contributed by atoms with Gasteiger partial charge in [0.25, 0.3) is 0 Å². The lowest BCUT2D eigenvalue weighted by atomic mass is 10.1. The number of rotatable bonds is 4. The van der Waals surface area contributed by atoms with Crippen LogP contribution in [0.15, 0.2) is 24.3 Å². The molecular formula is C11H11F3N2O3. The molecule has 5 nitrogen and oxygen atoms in total. The first-order valence-corrected chi connectivity index (χ1v) is 5.18. The first-order valence-electron chi connectivity index (χ1n) is 5.18. The number of carbonyl (C=O) groups is 2. The van der Waals surface area contributed by atoms with Crippen LogP contribution in [0.2, 0.25) is 0 Å². The predicted molar refractivity (Wildman–Crippen MR) is 59.7 cm³/mol. The molecule has 0 saturated heterocycles. The molecule has 0 bridgehead atoms. The van der Waals surface area contributed by atoms with Gasteiger partial charge in [-0.3, -0.25) is 0 Å². The normalized spacial score (nSPS) is 10.9. The van der Waals surface area contributed by atoms with Gasteiger partial charge in [0.1, 0.15) is 6.54 Å². The second-order valence-electron chi connectivity index (χ2n) is 3.65. The fourth-order valence-corrected chi connectivity index (χ4v) is 1.19. The summed E-state index contributed by atoms with van der Waals surface area (Å²) in [4.78, 5) is 21.6. The molecule has 3 N–H and O–H groups in total. The summed E-state index contributed by atoms with van der Waals surface area (Å²) in [5.41, 5.74) is 0.664. The molecular weight excluding hydrogens is 265 g/mol. The van der Waals surface area contributed by atoms with Gasteiger partial charge in [0, 0.05) is 6.54 Å². The Hall–Kier alpha value is -2.25. The van der Waals surface area contributed by atoms with Crippen LogP contribution in [0.25, 0.3) is 0 Å². The highest BCUT2D eigenvalue weighted by Crippen LogP contribution is 2.12. The summed E-state index contributed by atoms with van der Waals surface area (Å²) in [5, 5.41) is 12.5. The molecule has 0 atom stereocenters. The van der Waals surface area contributed by atoms with Crippen LogP contribution in [-0.2, 0) is 6.54 Å². The van der Waals surface area contributed by atoms with Gasteiger partial charge in [0.05, 0.1) is 5.56 Å². The van der Waals surface area contributed by atoms with E-state index in [4.69, 9.17) is 5.11 Å². The van der Waals surface area contributed by atoms with Crippen LogP contribution < -0.4 is 10.6 Å². The molecule has 0 aliphatic heterocycles.